The van der Waals surface area contributed by atoms with Crippen LogP contribution in [0.15, 0.2) is 60.8 Å². The Balaban J connectivity index is 1.62. The lowest BCUT2D eigenvalue weighted by Crippen LogP contribution is -2.29. The lowest BCUT2D eigenvalue weighted by atomic mass is 9.92. The van der Waals surface area contributed by atoms with Crippen LogP contribution in [0.4, 0.5) is 5.69 Å². The normalized spacial score (nSPS) is 18.9. The molecule has 1 fully saturated rings. The third-order valence-electron chi connectivity index (χ3n) is 5.71. The largest absolute Gasteiger partial charge is 0.393 e. The first-order valence-corrected chi connectivity index (χ1v) is 10.7. The van der Waals surface area contributed by atoms with Crippen LogP contribution >= 0.6 is 11.6 Å². The second-order valence-corrected chi connectivity index (χ2v) is 8.36. The maximum Gasteiger partial charge on any atom is 0.250 e. The second-order valence-electron chi connectivity index (χ2n) is 7.92. The van der Waals surface area contributed by atoms with E-state index in [4.69, 9.17) is 17.3 Å². The number of nitrogens with two attached hydrogens (primary N) is 1. The SMILES string of the molecule is NC(=O)c1ccc(-n2cccc2Cc2cccc(Cl)c2)cc1N[C@H]1CC[C@H](O)CC1. The number of benzene rings is 2. The van der Waals surface area contributed by atoms with E-state index < -0.39 is 5.91 Å². The van der Waals surface area contributed by atoms with Crippen LogP contribution in [-0.4, -0.2) is 27.7 Å². The van der Waals surface area contributed by atoms with Crippen molar-refractivity contribution < 1.29 is 9.90 Å². The molecule has 1 aliphatic carbocycles. The Morgan fingerprint density at radius 1 is 1.10 bits per heavy atom. The lowest BCUT2D eigenvalue weighted by molar-refractivity contribution is 0.100. The van der Waals surface area contributed by atoms with E-state index >= 15 is 0 Å². The summed E-state index contributed by atoms with van der Waals surface area (Å²) in [5.74, 6) is -0.452. The van der Waals surface area contributed by atoms with Crippen LogP contribution in [0.1, 0.15) is 47.3 Å². The highest BCUT2D eigenvalue weighted by Crippen LogP contribution is 2.27. The molecule has 156 valence electrons. The summed E-state index contributed by atoms with van der Waals surface area (Å²) in [6.45, 7) is 0. The molecule has 0 atom stereocenters. The third-order valence-corrected chi connectivity index (χ3v) is 5.95. The van der Waals surface area contributed by atoms with Gasteiger partial charge in [0.05, 0.1) is 11.7 Å². The quantitative estimate of drug-likeness (QED) is 0.544. The molecule has 5 nitrogen and oxygen atoms in total. The predicted molar refractivity (Wildman–Crippen MR) is 120 cm³/mol. The number of carbonyl (C=O) groups is 1. The number of carbonyl (C=O) groups excluding carboxylic acids is 1. The van der Waals surface area contributed by atoms with Gasteiger partial charge in [-0.15, -0.1) is 0 Å². The minimum atomic E-state index is -0.452. The van der Waals surface area contributed by atoms with Crippen molar-refractivity contribution in [3.63, 3.8) is 0 Å². The fourth-order valence-corrected chi connectivity index (χ4v) is 4.34. The second kappa shape index (κ2) is 8.94. The number of anilines is 1. The number of rotatable bonds is 6. The Hall–Kier alpha value is -2.76. The average molecular weight is 424 g/mol. The molecule has 0 bridgehead atoms. The topological polar surface area (TPSA) is 80.3 Å². The number of nitrogens with zero attached hydrogens (tertiary/aromatic N) is 1. The van der Waals surface area contributed by atoms with Crippen LogP contribution < -0.4 is 11.1 Å². The molecule has 30 heavy (non-hydrogen) atoms. The van der Waals surface area contributed by atoms with Crippen LogP contribution in [0.3, 0.4) is 0 Å². The highest BCUT2D eigenvalue weighted by molar-refractivity contribution is 6.30. The molecule has 1 heterocycles. The van der Waals surface area contributed by atoms with E-state index in [0.717, 1.165) is 59.8 Å². The Morgan fingerprint density at radius 3 is 2.63 bits per heavy atom. The molecule has 0 spiro atoms. The minimum absolute atomic E-state index is 0.220. The van der Waals surface area contributed by atoms with Gasteiger partial charge in [-0.05, 0) is 73.7 Å². The number of aliphatic hydroxyl groups excluding tert-OH is 1. The van der Waals surface area contributed by atoms with E-state index in [2.05, 4.69) is 22.0 Å². The van der Waals surface area contributed by atoms with Gasteiger partial charge < -0.3 is 20.7 Å². The van der Waals surface area contributed by atoms with Gasteiger partial charge in [-0.25, -0.2) is 0 Å². The van der Waals surface area contributed by atoms with Crippen molar-refractivity contribution in [2.45, 2.75) is 44.2 Å². The number of amides is 1. The number of hydrogen-bond donors (Lipinski definition) is 3. The smallest absolute Gasteiger partial charge is 0.250 e. The summed E-state index contributed by atoms with van der Waals surface area (Å²) >= 11 is 6.14. The van der Waals surface area contributed by atoms with Crippen LogP contribution in [-0.2, 0) is 6.42 Å². The summed E-state index contributed by atoms with van der Waals surface area (Å²) in [6.07, 6.45) is 5.81. The molecular formula is C24H26ClN3O2. The van der Waals surface area contributed by atoms with E-state index in [1.807, 2.05) is 42.6 Å². The van der Waals surface area contributed by atoms with E-state index in [-0.39, 0.29) is 12.1 Å². The van der Waals surface area contributed by atoms with Gasteiger partial charge in [0.15, 0.2) is 0 Å². The van der Waals surface area contributed by atoms with E-state index in [0.29, 0.717) is 5.56 Å². The summed E-state index contributed by atoms with van der Waals surface area (Å²) in [4.78, 5) is 12.0. The van der Waals surface area contributed by atoms with Crippen molar-refractivity contribution in [2.24, 2.45) is 5.73 Å². The monoisotopic (exact) mass is 423 g/mol. The summed E-state index contributed by atoms with van der Waals surface area (Å²) in [7, 11) is 0. The molecule has 3 aromatic rings. The fraction of sp³-hybridized carbons (Fsp3) is 0.292. The molecule has 6 heteroatoms. The van der Waals surface area contributed by atoms with Crippen molar-refractivity contribution in [2.75, 3.05) is 5.32 Å². The van der Waals surface area contributed by atoms with Gasteiger partial charge in [-0.3, -0.25) is 4.79 Å². The molecule has 1 aromatic heterocycles. The standard InChI is InChI=1S/C24H26ClN3O2/c25-17-4-1-3-16(13-17)14-19-5-2-12-28(19)20-8-11-22(24(26)30)23(15-20)27-18-6-9-21(29)10-7-18/h1-5,8,11-13,15,18,21,27,29H,6-7,9-10,14H2,(H2,26,30)/t18-,21-. The number of hydrogen-bond acceptors (Lipinski definition) is 3. The molecule has 1 amide bonds. The first-order valence-electron chi connectivity index (χ1n) is 10.3. The summed E-state index contributed by atoms with van der Waals surface area (Å²) in [5, 5.41) is 14.0. The van der Waals surface area contributed by atoms with Crippen molar-refractivity contribution in [1.29, 1.82) is 0 Å². The lowest BCUT2D eigenvalue weighted by Gasteiger charge is -2.28. The summed E-state index contributed by atoms with van der Waals surface area (Å²) in [6, 6.07) is 17.8. The average Bonchev–Trinajstić information content (AvgIpc) is 3.17. The minimum Gasteiger partial charge on any atom is -0.393 e. The molecule has 0 radical (unpaired) electrons. The molecule has 4 rings (SSSR count). The maximum absolute atomic E-state index is 12.0. The highest BCUT2D eigenvalue weighted by atomic mass is 35.5. The Bertz CT molecular complexity index is 1040. The Labute approximate surface area is 181 Å². The van der Waals surface area contributed by atoms with Crippen LogP contribution in [0.2, 0.25) is 5.02 Å². The number of primary amides is 1. The van der Waals surface area contributed by atoms with Gasteiger partial charge in [-0.1, -0.05) is 23.7 Å². The van der Waals surface area contributed by atoms with Gasteiger partial charge >= 0.3 is 0 Å². The van der Waals surface area contributed by atoms with Crippen LogP contribution in [0.25, 0.3) is 5.69 Å². The molecule has 2 aromatic carbocycles. The van der Waals surface area contributed by atoms with Gasteiger partial charge in [0, 0.05) is 40.8 Å². The van der Waals surface area contributed by atoms with Gasteiger partial charge in [0.25, 0.3) is 5.91 Å². The van der Waals surface area contributed by atoms with Gasteiger partial charge in [-0.2, -0.15) is 0 Å². The molecule has 0 unspecified atom stereocenters. The van der Waals surface area contributed by atoms with Crippen molar-refractivity contribution in [3.05, 3.63) is 82.6 Å². The summed E-state index contributed by atoms with van der Waals surface area (Å²) < 4.78 is 2.11. The van der Waals surface area contributed by atoms with Crippen molar-refractivity contribution in [3.8, 4) is 5.69 Å². The van der Waals surface area contributed by atoms with E-state index in [1.165, 1.54) is 0 Å². The van der Waals surface area contributed by atoms with Crippen molar-refractivity contribution >= 4 is 23.2 Å². The van der Waals surface area contributed by atoms with E-state index in [9.17, 15) is 9.90 Å². The molecule has 0 aliphatic heterocycles. The third kappa shape index (κ3) is 4.69. The molecule has 1 aliphatic rings. The zero-order chi connectivity index (χ0) is 21.1. The predicted octanol–water partition coefficient (Wildman–Crippen LogP) is 4.54. The number of aliphatic hydroxyl groups is 1. The maximum atomic E-state index is 12.0. The number of aromatic nitrogens is 1. The van der Waals surface area contributed by atoms with Crippen LogP contribution in [0, 0.1) is 0 Å². The fourth-order valence-electron chi connectivity index (χ4n) is 4.12. The Morgan fingerprint density at radius 2 is 1.90 bits per heavy atom. The zero-order valence-corrected chi connectivity index (χ0v) is 17.5. The van der Waals surface area contributed by atoms with Gasteiger partial charge in [0.1, 0.15) is 0 Å². The van der Waals surface area contributed by atoms with Gasteiger partial charge in [0.2, 0.25) is 0 Å². The molecule has 4 N–H and O–H groups in total. The first-order chi connectivity index (χ1) is 14.5. The molecular weight excluding hydrogens is 398 g/mol. The first kappa shape index (κ1) is 20.5. The number of nitrogens with one attached hydrogen (secondary N) is 1. The highest BCUT2D eigenvalue weighted by Gasteiger charge is 2.21. The van der Waals surface area contributed by atoms with E-state index in [1.54, 1.807) is 6.07 Å². The zero-order valence-electron chi connectivity index (χ0n) is 16.7. The van der Waals surface area contributed by atoms with Crippen molar-refractivity contribution in [1.82, 2.24) is 4.57 Å². The molecule has 1 saturated carbocycles. The molecule has 0 saturated heterocycles. The Kier molecular flexibility index (Phi) is 6.11. The summed E-state index contributed by atoms with van der Waals surface area (Å²) in [5.41, 5.74) is 10.1. The number of halogens is 1. The van der Waals surface area contributed by atoms with Crippen LogP contribution in [0.5, 0.6) is 0 Å².